The highest BCUT2D eigenvalue weighted by Gasteiger charge is 2.17. The molecule has 0 fully saturated rings. The first-order valence-corrected chi connectivity index (χ1v) is 7.00. The highest BCUT2D eigenvalue weighted by Crippen LogP contribution is 2.25. The summed E-state index contributed by atoms with van der Waals surface area (Å²) in [5, 5.41) is 8.65. The van der Waals surface area contributed by atoms with Crippen molar-refractivity contribution in [2.75, 3.05) is 11.9 Å². The van der Waals surface area contributed by atoms with E-state index in [-0.39, 0.29) is 5.91 Å². The summed E-state index contributed by atoms with van der Waals surface area (Å²) in [7, 11) is 1.68. The van der Waals surface area contributed by atoms with Crippen LogP contribution in [-0.4, -0.2) is 29.0 Å². The fourth-order valence-corrected chi connectivity index (χ4v) is 2.80. The van der Waals surface area contributed by atoms with E-state index in [2.05, 4.69) is 4.98 Å². The highest BCUT2D eigenvalue weighted by atomic mass is 32.1. The van der Waals surface area contributed by atoms with Gasteiger partial charge < -0.3 is 10.0 Å². The Morgan fingerprint density at radius 2 is 2.19 bits per heavy atom. The number of carboxylic acids is 1. The molecule has 2 aromatic heterocycles. The minimum absolute atomic E-state index is 0.147. The fourth-order valence-electron chi connectivity index (χ4n) is 1.75. The van der Waals surface area contributed by atoms with Crippen LogP contribution in [0.25, 0.3) is 6.08 Å². The van der Waals surface area contributed by atoms with Crippen LogP contribution < -0.4 is 4.90 Å². The number of aromatic nitrogens is 1. The van der Waals surface area contributed by atoms with Crippen molar-refractivity contribution in [1.82, 2.24) is 4.98 Å². The normalized spacial score (nSPS) is 10.8. The van der Waals surface area contributed by atoms with Gasteiger partial charge in [0.2, 0.25) is 0 Å². The molecule has 108 valence electrons. The number of carbonyl (C=O) groups excluding carboxylic acids is 1. The predicted octanol–water partition coefficient (Wildman–Crippen LogP) is 2.83. The molecule has 0 bridgehead atoms. The largest absolute Gasteiger partial charge is 0.478 e. The average Bonchev–Trinajstić information content (AvgIpc) is 2.85. The van der Waals surface area contributed by atoms with Gasteiger partial charge in [-0.2, -0.15) is 0 Å². The Labute approximate surface area is 126 Å². The van der Waals surface area contributed by atoms with E-state index in [0.29, 0.717) is 10.6 Å². The maximum atomic E-state index is 12.4. The van der Waals surface area contributed by atoms with E-state index in [0.717, 1.165) is 16.5 Å². The van der Waals surface area contributed by atoms with Gasteiger partial charge in [0.25, 0.3) is 5.91 Å². The minimum Gasteiger partial charge on any atom is -0.478 e. The molecule has 2 rings (SSSR count). The number of thiophene rings is 1. The summed E-state index contributed by atoms with van der Waals surface area (Å²) in [6.45, 7) is 1.85. The second-order valence-electron chi connectivity index (χ2n) is 4.40. The molecule has 0 aromatic carbocycles. The van der Waals surface area contributed by atoms with Crippen LogP contribution in [0.1, 0.15) is 20.1 Å². The number of nitrogens with zero attached hydrogens (tertiary/aromatic N) is 2. The number of pyridine rings is 1. The van der Waals surface area contributed by atoms with Crippen LogP contribution in [-0.2, 0) is 4.79 Å². The lowest BCUT2D eigenvalue weighted by Gasteiger charge is -2.15. The molecule has 2 aromatic rings. The lowest BCUT2D eigenvalue weighted by atomic mass is 10.2. The van der Waals surface area contributed by atoms with Crippen molar-refractivity contribution in [2.45, 2.75) is 6.92 Å². The van der Waals surface area contributed by atoms with Crippen molar-refractivity contribution >= 4 is 35.0 Å². The zero-order valence-electron chi connectivity index (χ0n) is 11.6. The number of hydrogen-bond donors (Lipinski definition) is 1. The first-order valence-electron chi connectivity index (χ1n) is 6.18. The third-order valence-corrected chi connectivity index (χ3v) is 4.07. The molecule has 0 saturated heterocycles. The van der Waals surface area contributed by atoms with Crippen LogP contribution in [0.4, 0.5) is 5.69 Å². The van der Waals surface area contributed by atoms with Gasteiger partial charge in [0.1, 0.15) is 0 Å². The van der Waals surface area contributed by atoms with Crippen molar-refractivity contribution in [3.05, 3.63) is 52.0 Å². The number of rotatable bonds is 4. The summed E-state index contributed by atoms with van der Waals surface area (Å²) in [5.74, 6) is -1.16. The molecular formula is C15H14N2O3S. The van der Waals surface area contributed by atoms with Gasteiger partial charge in [-0.15, -0.1) is 11.3 Å². The third kappa shape index (κ3) is 3.55. The Bertz CT molecular complexity index is 692. The first kappa shape index (κ1) is 14.9. The molecular weight excluding hydrogens is 288 g/mol. The summed E-state index contributed by atoms with van der Waals surface area (Å²) in [6.07, 6.45) is 5.83. The standard InChI is InChI=1S/C15H14N2O3S/c1-10-8-13(21-12(10)5-6-14(18)19)15(20)17(2)11-4-3-7-16-9-11/h3-9H,1-2H3,(H,18,19)/b6-5+. The quantitative estimate of drug-likeness (QED) is 0.882. The summed E-state index contributed by atoms with van der Waals surface area (Å²) in [4.78, 5) is 29.8. The Balaban J connectivity index is 2.24. The van der Waals surface area contributed by atoms with Crippen molar-refractivity contribution in [3.8, 4) is 0 Å². The van der Waals surface area contributed by atoms with Crippen LogP contribution in [0.2, 0.25) is 0 Å². The van der Waals surface area contributed by atoms with Crippen molar-refractivity contribution < 1.29 is 14.7 Å². The van der Waals surface area contributed by atoms with Crippen molar-refractivity contribution in [3.63, 3.8) is 0 Å². The van der Waals surface area contributed by atoms with Gasteiger partial charge in [0.15, 0.2) is 0 Å². The zero-order chi connectivity index (χ0) is 15.4. The maximum absolute atomic E-state index is 12.4. The Morgan fingerprint density at radius 3 is 2.81 bits per heavy atom. The Hall–Kier alpha value is -2.47. The number of aliphatic carboxylic acids is 1. The number of amides is 1. The molecule has 0 atom stereocenters. The fraction of sp³-hybridized carbons (Fsp3) is 0.133. The summed E-state index contributed by atoms with van der Waals surface area (Å²) in [6, 6.07) is 5.33. The molecule has 0 saturated carbocycles. The van der Waals surface area contributed by atoms with E-state index in [9.17, 15) is 9.59 Å². The predicted molar refractivity (Wildman–Crippen MR) is 82.7 cm³/mol. The first-order chi connectivity index (χ1) is 9.99. The van der Waals surface area contributed by atoms with E-state index in [1.165, 1.54) is 22.3 Å². The second kappa shape index (κ2) is 6.32. The van der Waals surface area contributed by atoms with E-state index in [1.807, 2.05) is 6.92 Å². The van der Waals surface area contributed by atoms with Gasteiger partial charge in [-0.05, 0) is 36.8 Å². The molecule has 5 nitrogen and oxygen atoms in total. The van der Waals surface area contributed by atoms with Crippen molar-refractivity contribution in [1.29, 1.82) is 0 Å². The molecule has 6 heteroatoms. The van der Waals surface area contributed by atoms with E-state index in [4.69, 9.17) is 5.11 Å². The molecule has 21 heavy (non-hydrogen) atoms. The van der Waals surface area contributed by atoms with Gasteiger partial charge in [-0.1, -0.05) is 0 Å². The Kier molecular flexibility index (Phi) is 4.49. The van der Waals surface area contributed by atoms with Gasteiger partial charge >= 0.3 is 5.97 Å². The lowest BCUT2D eigenvalue weighted by molar-refractivity contribution is -0.131. The zero-order valence-corrected chi connectivity index (χ0v) is 12.4. The molecule has 0 aliphatic rings. The number of anilines is 1. The molecule has 2 heterocycles. The van der Waals surface area contributed by atoms with Gasteiger partial charge in [0, 0.05) is 24.2 Å². The molecule has 1 N–H and O–H groups in total. The minimum atomic E-state index is -1.01. The van der Waals surface area contributed by atoms with Gasteiger partial charge in [0.05, 0.1) is 16.8 Å². The molecule has 0 unspecified atom stereocenters. The number of hydrogen-bond acceptors (Lipinski definition) is 4. The van der Waals surface area contributed by atoms with E-state index < -0.39 is 5.97 Å². The van der Waals surface area contributed by atoms with Crippen LogP contribution in [0.5, 0.6) is 0 Å². The number of carbonyl (C=O) groups is 2. The molecule has 0 spiro atoms. The summed E-state index contributed by atoms with van der Waals surface area (Å²) in [5.41, 5.74) is 1.58. The van der Waals surface area contributed by atoms with Crippen LogP contribution >= 0.6 is 11.3 Å². The average molecular weight is 302 g/mol. The van der Waals surface area contributed by atoms with Crippen LogP contribution in [0.3, 0.4) is 0 Å². The topological polar surface area (TPSA) is 70.5 Å². The SMILES string of the molecule is Cc1cc(C(=O)N(C)c2cccnc2)sc1/C=C/C(=O)O. The monoisotopic (exact) mass is 302 g/mol. The lowest BCUT2D eigenvalue weighted by Crippen LogP contribution is -2.25. The second-order valence-corrected chi connectivity index (χ2v) is 5.49. The van der Waals surface area contributed by atoms with Crippen LogP contribution in [0, 0.1) is 6.92 Å². The number of aryl methyl sites for hydroxylation is 1. The van der Waals surface area contributed by atoms with Crippen molar-refractivity contribution in [2.24, 2.45) is 0 Å². The highest BCUT2D eigenvalue weighted by molar-refractivity contribution is 7.15. The number of carboxylic acid groups (broad SMARTS) is 1. The maximum Gasteiger partial charge on any atom is 0.328 e. The van der Waals surface area contributed by atoms with Gasteiger partial charge in [-0.25, -0.2) is 4.79 Å². The van der Waals surface area contributed by atoms with E-state index in [1.54, 1.807) is 37.6 Å². The summed E-state index contributed by atoms with van der Waals surface area (Å²) < 4.78 is 0. The molecule has 0 aliphatic carbocycles. The van der Waals surface area contributed by atoms with Crippen LogP contribution in [0.15, 0.2) is 36.7 Å². The molecule has 1 amide bonds. The van der Waals surface area contributed by atoms with E-state index >= 15 is 0 Å². The molecule has 0 aliphatic heterocycles. The molecule has 0 radical (unpaired) electrons. The smallest absolute Gasteiger partial charge is 0.328 e. The Morgan fingerprint density at radius 1 is 1.43 bits per heavy atom. The summed E-state index contributed by atoms with van der Waals surface area (Å²) >= 11 is 1.27. The third-order valence-electron chi connectivity index (χ3n) is 2.88. The van der Waals surface area contributed by atoms with Gasteiger partial charge in [-0.3, -0.25) is 9.78 Å².